The average molecular weight is 536 g/mol. The molecule has 1 N–H and O–H groups in total. The monoisotopic (exact) mass is 536 g/mol. The highest BCUT2D eigenvalue weighted by molar-refractivity contribution is 14.0. The van der Waals surface area contributed by atoms with Crippen molar-refractivity contribution < 1.29 is 23.7 Å². The Balaban J connectivity index is 0.00000450. The van der Waals surface area contributed by atoms with Crippen LogP contribution in [-0.2, 0) is 11.2 Å². The Hall–Kier alpha value is -2.11. The third-order valence-electron chi connectivity index (χ3n) is 4.79. The minimum atomic E-state index is -0.256. The summed E-state index contributed by atoms with van der Waals surface area (Å²) in [5.74, 6) is 2.94. The van der Waals surface area contributed by atoms with Crippen LogP contribution < -0.4 is 19.5 Å². The quantitative estimate of drug-likeness (QED) is 0.325. The van der Waals surface area contributed by atoms with Crippen molar-refractivity contribution >= 4 is 36.0 Å². The van der Waals surface area contributed by atoms with E-state index in [-0.39, 0.29) is 30.1 Å². The zero-order valence-electron chi connectivity index (χ0n) is 18.4. The van der Waals surface area contributed by atoms with Gasteiger partial charge in [-0.25, -0.2) is 4.79 Å². The highest BCUT2D eigenvalue weighted by Crippen LogP contribution is 2.34. The highest BCUT2D eigenvalue weighted by atomic mass is 127. The maximum atomic E-state index is 11.8. The van der Waals surface area contributed by atoms with E-state index in [9.17, 15) is 4.79 Å². The number of guanidine groups is 1. The van der Waals surface area contributed by atoms with Gasteiger partial charge in [-0.2, -0.15) is 0 Å². The number of ether oxygens (including phenoxy) is 4. The number of rotatable bonds is 7. The molecule has 1 aliphatic heterocycles. The van der Waals surface area contributed by atoms with Crippen molar-refractivity contribution in [2.24, 2.45) is 4.99 Å². The van der Waals surface area contributed by atoms with Crippen LogP contribution in [0.4, 0.5) is 4.79 Å². The van der Waals surface area contributed by atoms with E-state index in [1.165, 1.54) is 0 Å². The summed E-state index contributed by atoms with van der Waals surface area (Å²) >= 11 is 0. The smallest absolute Gasteiger partial charge is 0.409 e. The number of benzene rings is 1. The van der Waals surface area contributed by atoms with E-state index >= 15 is 0 Å². The molecule has 0 saturated carbocycles. The number of hydrogen-bond donors (Lipinski definition) is 1. The fraction of sp³-hybridized carbons (Fsp3) is 0.600. The van der Waals surface area contributed by atoms with Gasteiger partial charge >= 0.3 is 6.09 Å². The van der Waals surface area contributed by atoms with E-state index < -0.39 is 0 Å². The van der Waals surface area contributed by atoms with Gasteiger partial charge in [-0.3, -0.25) is 4.99 Å². The molecule has 0 aliphatic carbocycles. The molecule has 1 heterocycles. The third-order valence-corrected chi connectivity index (χ3v) is 4.79. The Morgan fingerprint density at radius 3 is 2.07 bits per heavy atom. The lowest BCUT2D eigenvalue weighted by Gasteiger charge is -2.35. The van der Waals surface area contributed by atoms with Crippen molar-refractivity contribution in [3.8, 4) is 17.2 Å². The van der Waals surface area contributed by atoms with E-state index in [2.05, 4.69) is 15.2 Å². The molecule has 0 aromatic heterocycles. The molecule has 2 rings (SSSR count). The maximum absolute atomic E-state index is 11.8. The van der Waals surface area contributed by atoms with Gasteiger partial charge in [0.15, 0.2) is 5.96 Å². The molecular formula is C20H33IN4O5. The van der Waals surface area contributed by atoms with E-state index in [0.29, 0.717) is 51.5 Å². The van der Waals surface area contributed by atoms with Gasteiger partial charge in [-0.15, -0.1) is 24.0 Å². The van der Waals surface area contributed by atoms with Gasteiger partial charge in [-0.05, 0) is 13.3 Å². The van der Waals surface area contributed by atoms with Crippen molar-refractivity contribution in [1.82, 2.24) is 15.1 Å². The molecule has 1 aromatic carbocycles. The first-order chi connectivity index (χ1) is 14.1. The third kappa shape index (κ3) is 6.71. The summed E-state index contributed by atoms with van der Waals surface area (Å²) in [6.45, 7) is 5.48. The SMILES string of the molecule is CCOC(=O)N1CCN(C(=NC)NCCc2c(OC)cc(OC)cc2OC)CC1.I. The first kappa shape index (κ1) is 25.9. The van der Waals surface area contributed by atoms with E-state index in [1.54, 1.807) is 33.3 Å². The lowest BCUT2D eigenvalue weighted by molar-refractivity contribution is 0.0915. The molecule has 0 unspecified atom stereocenters. The number of carbonyl (C=O) groups is 1. The van der Waals surface area contributed by atoms with E-state index in [4.69, 9.17) is 18.9 Å². The van der Waals surface area contributed by atoms with Crippen LogP contribution in [0.1, 0.15) is 12.5 Å². The molecule has 9 nitrogen and oxygen atoms in total. The Labute approximate surface area is 195 Å². The number of nitrogens with zero attached hydrogens (tertiary/aromatic N) is 3. The van der Waals surface area contributed by atoms with Gasteiger partial charge in [0.1, 0.15) is 17.2 Å². The van der Waals surface area contributed by atoms with Gasteiger partial charge in [0.05, 0.1) is 27.9 Å². The molecule has 0 bridgehead atoms. The summed E-state index contributed by atoms with van der Waals surface area (Å²) < 4.78 is 21.4. The van der Waals surface area contributed by atoms with Crippen molar-refractivity contribution in [1.29, 1.82) is 0 Å². The summed E-state index contributed by atoms with van der Waals surface area (Å²) in [5, 5.41) is 3.39. The van der Waals surface area contributed by atoms with Crippen LogP contribution in [0.25, 0.3) is 0 Å². The Morgan fingerprint density at radius 1 is 1.03 bits per heavy atom. The topological polar surface area (TPSA) is 84.9 Å². The van der Waals surface area contributed by atoms with Gasteiger partial charge < -0.3 is 34.1 Å². The largest absolute Gasteiger partial charge is 0.496 e. The van der Waals surface area contributed by atoms with Gasteiger partial charge in [-0.1, -0.05) is 0 Å². The van der Waals surface area contributed by atoms with Crippen molar-refractivity contribution in [3.63, 3.8) is 0 Å². The van der Waals surface area contributed by atoms with E-state index in [0.717, 1.165) is 23.0 Å². The first-order valence-electron chi connectivity index (χ1n) is 9.74. The molecule has 30 heavy (non-hydrogen) atoms. The summed E-state index contributed by atoms with van der Waals surface area (Å²) in [6, 6.07) is 3.70. The van der Waals surface area contributed by atoms with Crippen molar-refractivity contribution in [2.75, 3.05) is 67.7 Å². The van der Waals surface area contributed by atoms with Crippen LogP contribution in [0, 0.1) is 0 Å². The molecule has 10 heteroatoms. The first-order valence-corrected chi connectivity index (χ1v) is 9.74. The number of piperazine rings is 1. The van der Waals surface area contributed by atoms with Crippen LogP contribution in [0.15, 0.2) is 17.1 Å². The maximum Gasteiger partial charge on any atom is 0.409 e. The van der Waals surface area contributed by atoms with Gasteiger partial charge in [0.25, 0.3) is 0 Å². The number of hydrogen-bond acceptors (Lipinski definition) is 6. The number of carbonyl (C=O) groups excluding carboxylic acids is 1. The van der Waals surface area contributed by atoms with Crippen LogP contribution in [0.5, 0.6) is 17.2 Å². The number of halogens is 1. The van der Waals surface area contributed by atoms with Crippen LogP contribution in [-0.4, -0.2) is 89.6 Å². The van der Waals surface area contributed by atoms with Crippen molar-refractivity contribution in [2.45, 2.75) is 13.3 Å². The molecular weight excluding hydrogens is 503 g/mol. The van der Waals surface area contributed by atoms with E-state index in [1.807, 2.05) is 19.1 Å². The Morgan fingerprint density at radius 2 is 1.60 bits per heavy atom. The molecule has 0 atom stereocenters. The molecule has 1 saturated heterocycles. The highest BCUT2D eigenvalue weighted by Gasteiger charge is 2.23. The molecule has 0 radical (unpaired) electrons. The number of amides is 1. The molecule has 1 aromatic rings. The van der Waals surface area contributed by atoms with Crippen LogP contribution in [0.2, 0.25) is 0 Å². The molecule has 1 aliphatic rings. The molecule has 170 valence electrons. The number of methoxy groups -OCH3 is 3. The van der Waals surface area contributed by atoms with Crippen LogP contribution >= 0.6 is 24.0 Å². The lowest BCUT2D eigenvalue weighted by Crippen LogP contribution is -2.54. The standard InChI is InChI=1S/C20H32N4O5.HI/c1-6-29-20(25)24-11-9-23(10-12-24)19(21-2)22-8-7-16-17(27-4)13-15(26-3)14-18(16)28-5;/h13-14H,6-12H2,1-5H3,(H,21,22);1H. The second-order valence-electron chi connectivity index (χ2n) is 6.41. The fourth-order valence-electron chi connectivity index (χ4n) is 3.27. The van der Waals surface area contributed by atoms with Gasteiger partial charge in [0.2, 0.25) is 0 Å². The number of aliphatic imine (C=N–C) groups is 1. The minimum Gasteiger partial charge on any atom is -0.496 e. The normalized spacial score (nSPS) is 14.0. The Bertz CT molecular complexity index is 683. The summed E-state index contributed by atoms with van der Waals surface area (Å²) in [6.07, 6.45) is 0.437. The summed E-state index contributed by atoms with van der Waals surface area (Å²) in [4.78, 5) is 20.1. The fourth-order valence-corrected chi connectivity index (χ4v) is 3.27. The molecule has 1 fully saturated rings. The van der Waals surface area contributed by atoms with Crippen molar-refractivity contribution in [3.05, 3.63) is 17.7 Å². The predicted molar refractivity (Wildman–Crippen MR) is 127 cm³/mol. The number of nitrogens with one attached hydrogen (secondary N) is 1. The average Bonchev–Trinajstić information content (AvgIpc) is 2.76. The van der Waals surface area contributed by atoms with Crippen LogP contribution in [0.3, 0.4) is 0 Å². The Kier molecular flexibility index (Phi) is 11.4. The van der Waals surface area contributed by atoms with Gasteiger partial charge in [0, 0.05) is 57.5 Å². The summed E-state index contributed by atoms with van der Waals surface area (Å²) in [5.41, 5.74) is 0.964. The molecule has 0 spiro atoms. The molecule has 1 amide bonds. The predicted octanol–water partition coefficient (Wildman–Crippen LogP) is 2.22. The minimum absolute atomic E-state index is 0. The zero-order chi connectivity index (χ0) is 21.2. The zero-order valence-corrected chi connectivity index (χ0v) is 20.7. The second-order valence-corrected chi connectivity index (χ2v) is 6.41. The second kappa shape index (κ2) is 13.2. The lowest BCUT2D eigenvalue weighted by atomic mass is 10.1. The summed E-state index contributed by atoms with van der Waals surface area (Å²) in [7, 11) is 6.63.